The van der Waals surface area contributed by atoms with Gasteiger partial charge in [-0.05, 0) is 39.5 Å². The summed E-state index contributed by atoms with van der Waals surface area (Å²) in [5.41, 5.74) is 3.62. The minimum Gasteiger partial charge on any atom is -0.373 e. The van der Waals surface area contributed by atoms with E-state index in [1.807, 2.05) is 11.7 Å². The molecular formula is C18H33N5O. The van der Waals surface area contributed by atoms with Gasteiger partial charge in [0, 0.05) is 38.0 Å². The molecule has 0 radical (unpaired) electrons. The van der Waals surface area contributed by atoms with E-state index < -0.39 is 0 Å². The van der Waals surface area contributed by atoms with Crippen LogP contribution >= 0.6 is 0 Å². The van der Waals surface area contributed by atoms with Gasteiger partial charge in [-0.3, -0.25) is 4.68 Å². The average molecular weight is 335 g/mol. The van der Waals surface area contributed by atoms with Gasteiger partial charge in [0.2, 0.25) is 0 Å². The summed E-state index contributed by atoms with van der Waals surface area (Å²) in [6, 6.07) is 0. The Morgan fingerprint density at radius 2 is 2.08 bits per heavy atom. The van der Waals surface area contributed by atoms with Gasteiger partial charge < -0.3 is 15.4 Å². The normalized spacial score (nSPS) is 21.3. The molecule has 24 heavy (non-hydrogen) atoms. The quantitative estimate of drug-likeness (QED) is 0.592. The van der Waals surface area contributed by atoms with E-state index in [9.17, 15) is 0 Å². The summed E-state index contributed by atoms with van der Waals surface area (Å²) in [6.07, 6.45) is 4.15. The topological polar surface area (TPSA) is 63.5 Å². The van der Waals surface area contributed by atoms with E-state index in [0.29, 0.717) is 6.54 Å². The molecule has 1 aromatic heterocycles. The Labute approximate surface area is 146 Å². The first-order valence-electron chi connectivity index (χ1n) is 9.22. The molecule has 2 heterocycles. The first-order valence-corrected chi connectivity index (χ1v) is 9.22. The summed E-state index contributed by atoms with van der Waals surface area (Å²) in [6.45, 7) is 11.7. The molecule has 0 amide bonds. The monoisotopic (exact) mass is 335 g/mol. The molecule has 1 saturated heterocycles. The second-order valence-electron chi connectivity index (χ2n) is 6.65. The van der Waals surface area contributed by atoms with Crippen LogP contribution in [-0.4, -0.2) is 41.0 Å². The lowest BCUT2D eigenvalue weighted by atomic mass is 10.0. The standard InChI is InChI=1S/C18H33N5O/c1-6-15-14(16(7-2)23(5)22-15)12-20-17(19-8-3)21-13-18(4)10-9-11-24-18/h6-13H2,1-5H3,(H2,19,20,21). The van der Waals surface area contributed by atoms with Gasteiger partial charge in [-0.25, -0.2) is 4.99 Å². The molecule has 0 aliphatic carbocycles. The van der Waals surface area contributed by atoms with Crippen LogP contribution in [0.5, 0.6) is 0 Å². The molecule has 1 atom stereocenters. The van der Waals surface area contributed by atoms with Crippen molar-refractivity contribution in [2.24, 2.45) is 12.0 Å². The zero-order valence-electron chi connectivity index (χ0n) is 15.9. The van der Waals surface area contributed by atoms with Crippen LogP contribution in [0.4, 0.5) is 0 Å². The maximum Gasteiger partial charge on any atom is 0.191 e. The molecule has 0 spiro atoms. The van der Waals surface area contributed by atoms with E-state index >= 15 is 0 Å². The van der Waals surface area contributed by atoms with Gasteiger partial charge in [-0.2, -0.15) is 5.10 Å². The van der Waals surface area contributed by atoms with Crippen molar-refractivity contribution in [1.82, 2.24) is 20.4 Å². The summed E-state index contributed by atoms with van der Waals surface area (Å²) < 4.78 is 7.85. The van der Waals surface area contributed by atoms with Gasteiger partial charge in [0.05, 0.1) is 17.8 Å². The van der Waals surface area contributed by atoms with Crippen molar-refractivity contribution >= 4 is 5.96 Å². The third-order valence-electron chi connectivity index (χ3n) is 4.70. The van der Waals surface area contributed by atoms with Crippen molar-refractivity contribution in [3.63, 3.8) is 0 Å². The summed E-state index contributed by atoms with van der Waals surface area (Å²) in [5.74, 6) is 0.849. The molecule has 1 aromatic rings. The molecule has 1 aliphatic rings. The first kappa shape index (κ1) is 18.8. The van der Waals surface area contributed by atoms with E-state index in [-0.39, 0.29) is 5.60 Å². The minimum absolute atomic E-state index is 0.0757. The smallest absolute Gasteiger partial charge is 0.191 e. The van der Waals surface area contributed by atoms with Crippen molar-refractivity contribution in [3.05, 3.63) is 17.0 Å². The van der Waals surface area contributed by atoms with Crippen LogP contribution < -0.4 is 10.6 Å². The Morgan fingerprint density at radius 3 is 2.67 bits per heavy atom. The number of hydrogen-bond donors (Lipinski definition) is 2. The van der Waals surface area contributed by atoms with Crippen molar-refractivity contribution < 1.29 is 4.74 Å². The Kier molecular flexibility index (Phi) is 6.66. The molecule has 0 saturated carbocycles. The first-order chi connectivity index (χ1) is 11.5. The molecule has 2 rings (SSSR count). The summed E-state index contributed by atoms with van der Waals surface area (Å²) in [7, 11) is 2.02. The van der Waals surface area contributed by atoms with Crippen LogP contribution in [0, 0.1) is 0 Å². The highest BCUT2D eigenvalue weighted by molar-refractivity contribution is 5.79. The highest BCUT2D eigenvalue weighted by atomic mass is 16.5. The maximum atomic E-state index is 5.85. The Balaban J connectivity index is 2.08. The third-order valence-corrected chi connectivity index (χ3v) is 4.70. The molecule has 6 nitrogen and oxygen atoms in total. The number of ether oxygens (including phenoxy) is 1. The highest BCUT2D eigenvalue weighted by Crippen LogP contribution is 2.23. The Hall–Kier alpha value is -1.56. The van der Waals surface area contributed by atoms with Gasteiger partial charge >= 0.3 is 0 Å². The molecule has 6 heteroatoms. The number of aromatic nitrogens is 2. The van der Waals surface area contributed by atoms with E-state index in [0.717, 1.165) is 57.0 Å². The summed E-state index contributed by atoms with van der Waals surface area (Å²) in [5, 5.41) is 11.4. The van der Waals surface area contributed by atoms with E-state index in [1.54, 1.807) is 0 Å². The number of nitrogens with zero attached hydrogens (tertiary/aromatic N) is 3. The van der Waals surface area contributed by atoms with Crippen molar-refractivity contribution in [2.75, 3.05) is 19.7 Å². The lowest BCUT2D eigenvalue weighted by Crippen LogP contribution is -2.45. The number of hydrogen-bond acceptors (Lipinski definition) is 3. The van der Waals surface area contributed by atoms with Crippen LogP contribution in [0.1, 0.15) is 57.5 Å². The van der Waals surface area contributed by atoms with Gasteiger partial charge in [0.1, 0.15) is 0 Å². The predicted octanol–water partition coefficient (Wildman–Crippen LogP) is 2.17. The zero-order valence-corrected chi connectivity index (χ0v) is 15.9. The SMILES string of the molecule is CCNC(=NCc1c(CC)nn(C)c1CC)NCC1(C)CCCO1. The second-order valence-corrected chi connectivity index (χ2v) is 6.65. The average Bonchev–Trinajstić information content (AvgIpc) is 3.13. The van der Waals surface area contributed by atoms with Gasteiger partial charge in [0.25, 0.3) is 0 Å². The van der Waals surface area contributed by atoms with Gasteiger partial charge in [-0.15, -0.1) is 0 Å². The van der Waals surface area contributed by atoms with Crippen LogP contribution in [0.3, 0.4) is 0 Å². The maximum absolute atomic E-state index is 5.85. The van der Waals surface area contributed by atoms with Crippen LogP contribution in [0.25, 0.3) is 0 Å². The lowest BCUT2D eigenvalue weighted by molar-refractivity contribution is 0.0243. The molecular weight excluding hydrogens is 302 g/mol. The van der Waals surface area contributed by atoms with Crippen LogP contribution in [0.2, 0.25) is 0 Å². The molecule has 0 bridgehead atoms. The summed E-state index contributed by atoms with van der Waals surface area (Å²) in [4.78, 5) is 4.79. The van der Waals surface area contributed by atoms with Crippen molar-refractivity contribution in [3.8, 4) is 0 Å². The lowest BCUT2D eigenvalue weighted by Gasteiger charge is -2.24. The zero-order chi connectivity index (χ0) is 17.6. The largest absolute Gasteiger partial charge is 0.373 e. The fraction of sp³-hybridized carbons (Fsp3) is 0.778. The van der Waals surface area contributed by atoms with Crippen LogP contribution in [0.15, 0.2) is 4.99 Å². The highest BCUT2D eigenvalue weighted by Gasteiger charge is 2.29. The minimum atomic E-state index is -0.0757. The number of rotatable bonds is 7. The molecule has 136 valence electrons. The molecule has 1 unspecified atom stereocenters. The van der Waals surface area contributed by atoms with E-state index in [1.165, 1.54) is 11.3 Å². The number of nitrogens with one attached hydrogen (secondary N) is 2. The van der Waals surface area contributed by atoms with Gasteiger partial charge in [0.15, 0.2) is 5.96 Å². The fourth-order valence-corrected chi connectivity index (χ4v) is 3.32. The van der Waals surface area contributed by atoms with E-state index in [2.05, 4.69) is 43.4 Å². The van der Waals surface area contributed by atoms with Crippen molar-refractivity contribution in [2.45, 2.75) is 65.5 Å². The Morgan fingerprint density at radius 1 is 1.29 bits per heavy atom. The van der Waals surface area contributed by atoms with Crippen LogP contribution in [-0.2, 0) is 31.2 Å². The second kappa shape index (κ2) is 8.51. The number of aliphatic imine (C=N–C) groups is 1. The summed E-state index contributed by atoms with van der Waals surface area (Å²) >= 11 is 0. The molecule has 1 aliphatic heterocycles. The Bertz CT molecular complexity index is 558. The predicted molar refractivity (Wildman–Crippen MR) is 98.4 cm³/mol. The third kappa shape index (κ3) is 4.50. The number of guanidine groups is 1. The van der Waals surface area contributed by atoms with Gasteiger partial charge in [-0.1, -0.05) is 13.8 Å². The number of aryl methyl sites for hydroxylation is 2. The fourth-order valence-electron chi connectivity index (χ4n) is 3.32. The van der Waals surface area contributed by atoms with E-state index in [4.69, 9.17) is 9.73 Å². The molecule has 1 fully saturated rings. The van der Waals surface area contributed by atoms with Crippen molar-refractivity contribution in [1.29, 1.82) is 0 Å². The molecule has 0 aromatic carbocycles. The molecule has 2 N–H and O–H groups in total.